The van der Waals surface area contributed by atoms with Crippen LogP contribution in [0.3, 0.4) is 0 Å². The first-order chi connectivity index (χ1) is 8.95. The Morgan fingerprint density at radius 2 is 2.00 bits per heavy atom. The van der Waals surface area contributed by atoms with E-state index in [0.29, 0.717) is 12.2 Å². The number of benzene rings is 1. The summed E-state index contributed by atoms with van der Waals surface area (Å²) in [4.78, 5) is 2.30. The van der Waals surface area contributed by atoms with Crippen molar-refractivity contribution in [2.45, 2.75) is 43.2 Å². The zero-order valence-corrected chi connectivity index (χ0v) is 11.9. The van der Waals surface area contributed by atoms with Crippen LogP contribution in [0.15, 0.2) is 29.2 Å². The third-order valence-electron chi connectivity index (χ3n) is 3.75. The Hall–Kier alpha value is -1.11. The lowest BCUT2D eigenvalue weighted by molar-refractivity contribution is 0.398. The van der Waals surface area contributed by atoms with Crippen LogP contribution < -0.4 is 15.8 Å². The topological polar surface area (TPSA) is 89.4 Å². The monoisotopic (exact) mass is 283 g/mol. The number of sulfonamides is 1. The van der Waals surface area contributed by atoms with E-state index in [2.05, 4.69) is 11.8 Å². The Labute approximate surface area is 114 Å². The lowest BCUT2D eigenvalue weighted by Crippen LogP contribution is -2.49. The third-order valence-corrected chi connectivity index (χ3v) is 4.71. The van der Waals surface area contributed by atoms with Gasteiger partial charge in [0.1, 0.15) is 4.90 Å². The zero-order chi connectivity index (χ0) is 14.0. The molecule has 19 heavy (non-hydrogen) atoms. The second kappa shape index (κ2) is 5.48. The predicted molar refractivity (Wildman–Crippen MR) is 76.4 cm³/mol. The molecule has 2 atom stereocenters. The molecule has 1 aromatic rings. The standard InChI is InChI=1S/C13H21N3O2S/c1-10-5-4-6-11(9-14)16(10)12-7-2-3-8-13(12)19(15,17)18/h2-3,7-8,10-11H,4-6,9,14H2,1H3,(H2,15,17,18). The molecular formula is C13H21N3O2S. The second-order valence-corrected chi connectivity index (χ2v) is 6.62. The molecule has 2 rings (SSSR count). The maximum atomic E-state index is 11.7. The quantitative estimate of drug-likeness (QED) is 0.867. The van der Waals surface area contributed by atoms with Crippen LogP contribution in [0.1, 0.15) is 26.2 Å². The molecule has 4 N–H and O–H groups in total. The fourth-order valence-corrected chi connectivity index (χ4v) is 3.60. The Morgan fingerprint density at radius 1 is 1.32 bits per heavy atom. The summed E-state index contributed by atoms with van der Waals surface area (Å²) in [5, 5.41) is 5.31. The summed E-state index contributed by atoms with van der Waals surface area (Å²) in [6, 6.07) is 7.33. The van der Waals surface area contributed by atoms with Crippen molar-refractivity contribution < 1.29 is 8.42 Å². The highest BCUT2D eigenvalue weighted by Gasteiger charge is 2.30. The molecule has 106 valence electrons. The summed E-state index contributed by atoms with van der Waals surface area (Å²) in [6.45, 7) is 2.62. The number of piperidine rings is 1. The summed E-state index contributed by atoms with van der Waals surface area (Å²) >= 11 is 0. The molecule has 1 fully saturated rings. The van der Waals surface area contributed by atoms with Crippen LogP contribution in [0.2, 0.25) is 0 Å². The molecule has 1 saturated heterocycles. The molecule has 0 amide bonds. The van der Waals surface area contributed by atoms with E-state index in [1.54, 1.807) is 12.1 Å². The van der Waals surface area contributed by atoms with Crippen LogP contribution >= 0.6 is 0 Å². The van der Waals surface area contributed by atoms with E-state index in [1.807, 2.05) is 12.1 Å². The van der Waals surface area contributed by atoms with E-state index in [0.717, 1.165) is 19.3 Å². The van der Waals surface area contributed by atoms with Crippen molar-refractivity contribution in [2.75, 3.05) is 11.4 Å². The SMILES string of the molecule is CC1CCCC(CN)N1c1ccccc1S(N)(=O)=O. The Balaban J connectivity index is 2.50. The van der Waals surface area contributed by atoms with Crippen LogP contribution in [-0.2, 0) is 10.0 Å². The molecule has 0 bridgehead atoms. The molecule has 1 aromatic carbocycles. The summed E-state index contributed by atoms with van der Waals surface area (Å²) < 4.78 is 23.4. The predicted octanol–water partition coefficient (Wildman–Crippen LogP) is 1.04. The highest BCUT2D eigenvalue weighted by atomic mass is 32.2. The average Bonchev–Trinajstić information content (AvgIpc) is 2.37. The molecule has 0 saturated carbocycles. The van der Waals surface area contributed by atoms with E-state index in [4.69, 9.17) is 10.9 Å². The van der Waals surface area contributed by atoms with Gasteiger partial charge in [-0.2, -0.15) is 0 Å². The van der Waals surface area contributed by atoms with Gasteiger partial charge in [-0.15, -0.1) is 0 Å². The van der Waals surface area contributed by atoms with E-state index >= 15 is 0 Å². The van der Waals surface area contributed by atoms with Gasteiger partial charge in [-0.25, -0.2) is 13.6 Å². The van der Waals surface area contributed by atoms with Crippen molar-refractivity contribution in [2.24, 2.45) is 10.9 Å². The maximum Gasteiger partial charge on any atom is 0.240 e. The first-order valence-electron chi connectivity index (χ1n) is 6.55. The van der Waals surface area contributed by atoms with Crippen molar-refractivity contribution in [3.63, 3.8) is 0 Å². The third kappa shape index (κ3) is 2.91. The van der Waals surface area contributed by atoms with Gasteiger partial charge in [-0.1, -0.05) is 12.1 Å². The van der Waals surface area contributed by atoms with Crippen LogP contribution in [0.5, 0.6) is 0 Å². The number of nitrogens with two attached hydrogens (primary N) is 2. The van der Waals surface area contributed by atoms with E-state index in [9.17, 15) is 8.42 Å². The van der Waals surface area contributed by atoms with Crippen molar-refractivity contribution in [1.29, 1.82) is 0 Å². The lowest BCUT2D eigenvalue weighted by atomic mass is 9.95. The molecule has 1 aliphatic heterocycles. The minimum absolute atomic E-state index is 0.173. The fraction of sp³-hybridized carbons (Fsp3) is 0.538. The minimum atomic E-state index is -3.72. The normalized spacial score (nSPS) is 24.5. The van der Waals surface area contributed by atoms with Crippen molar-refractivity contribution in [3.8, 4) is 0 Å². The van der Waals surface area contributed by atoms with Gasteiger partial charge in [0.05, 0.1) is 5.69 Å². The maximum absolute atomic E-state index is 11.7. The van der Waals surface area contributed by atoms with E-state index in [-0.39, 0.29) is 17.0 Å². The summed E-state index contributed by atoms with van der Waals surface area (Å²) in [5.74, 6) is 0. The molecular weight excluding hydrogens is 262 g/mol. The van der Waals surface area contributed by atoms with Crippen LogP contribution in [0, 0.1) is 0 Å². The summed E-state index contributed by atoms with van der Waals surface area (Å²) in [5.41, 5.74) is 6.50. The lowest BCUT2D eigenvalue weighted by Gasteiger charge is -2.42. The van der Waals surface area contributed by atoms with E-state index in [1.165, 1.54) is 0 Å². The number of hydrogen-bond acceptors (Lipinski definition) is 4. The molecule has 5 nitrogen and oxygen atoms in total. The first kappa shape index (κ1) is 14.3. The van der Waals surface area contributed by atoms with Crippen LogP contribution in [0.4, 0.5) is 5.69 Å². The highest BCUT2D eigenvalue weighted by molar-refractivity contribution is 7.89. The largest absolute Gasteiger partial charge is 0.363 e. The van der Waals surface area contributed by atoms with Gasteiger partial charge in [-0.3, -0.25) is 0 Å². The molecule has 1 aliphatic rings. The van der Waals surface area contributed by atoms with Gasteiger partial charge in [0.2, 0.25) is 10.0 Å². The number of primary sulfonamides is 1. The molecule has 0 spiro atoms. The van der Waals surface area contributed by atoms with Gasteiger partial charge in [0, 0.05) is 18.6 Å². The smallest absolute Gasteiger partial charge is 0.240 e. The van der Waals surface area contributed by atoms with Crippen LogP contribution in [-0.4, -0.2) is 27.0 Å². The fourth-order valence-electron chi connectivity index (χ4n) is 2.86. The van der Waals surface area contributed by atoms with Gasteiger partial charge in [-0.05, 0) is 38.3 Å². The highest BCUT2D eigenvalue weighted by Crippen LogP contribution is 2.32. The number of para-hydroxylation sites is 1. The number of anilines is 1. The minimum Gasteiger partial charge on any atom is -0.363 e. The van der Waals surface area contributed by atoms with Crippen molar-refractivity contribution >= 4 is 15.7 Å². The Bertz CT molecular complexity index is 545. The van der Waals surface area contributed by atoms with Crippen LogP contribution in [0.25, 0.3) is 0 Å². The number of rotatable bonds is 3. The van der Waals surface area contributed by atoms with Gasteiger partial charge in [0.15, 0.2) is 0 Å². The summed E-state index contributed by atoms with van der Waals surface area (Å²) in [7, 11) is -3.72. The molecule has 6 heteroatoms. The second-order valence-electron chi connectivity index (χ2n) is 5.09. The molecule has 0 aromatic heterocycles. The van der Waals surface area contributed by atoms with Crippen molar-refractivity contribution in [3.05, 3.63) is 24.3 Å². The molecule has 0 aliphatic carbocycles. The number of hydrogen-bond donors (Lipinski definition) is 2. The number of nitrogens with zero attached hydrogens (tertiary/aromatic N) is 1. The van der Waals surface area contributed by atoms with E-state index < -0.39 is 10.0 Å². The molecule has 1 heterocycles. The molecule has 0 radical (unpaired) electrons. The zero-order valence-electron chi connectivity index (χ0n) is 11.1. The summed E-state index contributed by atoms with van der Waals surface area (Å²) in [6.07, 6.45) is 3.15. The van der Waals surface area contributed by atoms with Gasteiger partial charge < -0.3 is 10.6 Å². The Morgan fingerprint density at radius 3 is 2.63 bits per heavy atom. The Kier molecular flexibility index (Phi) is 4.13. The van der Waals surface area contributed by atoms with Gasteiger partial charge >= 0.3 is 0 Å². The molecule has 2 unspecified atom stereocenters. The van der Waals surface area contributed by atoms with Gasteiger partial charge in [0.25, 0.3) is 0 Å². The van der Waals surface area contributed by atoms with Crippen molar-refractivity contribution in [1.82, 2.24) is 0 Å². The first-order valence-corrected chi connectivity index (χ1v) is 8.10. The average molecular weight is 283 g/mol.